The first-order valence-electron chi connectivity index (χ1n) is 2.13. The van der Waals surface area contributed by atoms with E-state index >= 15 is 0 Å². The molecule has 1 rings (SSSR count). The van der Waals surface area contributed by atoms with Crippen LogP contribution in [0.25, 0.3) is 0 Å². The van der Waals surface area contributed by atoms with Crippen molar-refractivity contribution >= 4 is 12.6 Å². The minimum absolute atomic E-state index is 0.0556. The minimum Gasteiger partial charge on any atom is -0.365 e. The third-order valence-corrected chi connectivity index (χ3v) is 0.846. The lowest BCUT2D eigenvalue weighted by molar-refractivity contribution is -0.108. The molecule has 0 aromatic rings. The maximum atomic E-state index is 9.86. The van der Waals surface area contributed by atoms with Crippen molar-refractivity contribution in [2.75, 3.05) is 6.54 Å². The molecular weight excluding hydrogens is 92.1 g/mol. The van der Waals surface area contributed by atoms with Gasteiger partial charge < -0.3 is 10.1 Å². The summed E-state index contributed by atoms with van der Waals surface area (Å²) < 4.78 is 0. The van der Waals surface area contributed by atoms with Crippen LogP contribution in [-0.4, -0.2) is 25.2 Å². The number of hydrogen-bond acceptors (Lipinski definition) is 3. The molecule has 1 aliphatic rings. The highest BCUT2D eigenvalue weighted by Gasteiger charge is 2.05. The van der Waals surface area contributed by atoms with Crippen LogP contribution >= 0.6 is 0 Å². The van der Waals surface area contributed by atoms with E-state index in [-0.39, 0.29) is 6.04 Å². The van der Waals surface area contributed by atoms with Gasteiger partial charge in [-0.1, -0.05) is 0 Å². The summed E-state index contributed by atoms with van der Waals surface area (Å²) in [4.78, 5) is 13.6. The van der Waals surface area contributed by atoms with Crippen LogP contribution in [0, 0.1) is 0 Å². The summed E-state index contributed by atoms with van der Waals surface area (Å²) in [6.07, 6.45) is 2.41. The molecule has 0 saturated heterocycles. The van der Waals surface area contributed by atoms with E-state index in [0.29, 0.717) is 6.54 Å². The molecule has 1 heterocycles. The Bertz CT molecular complexity index is 91.9. The van der Waals surface area contributed by atoms with Crippen LogP contribution in [-0.2, 0) is 4.79 Å². The topological polar surface area (TPSA) is 41.5 Å². The van der Waals surface area contributed by atoms with E-state index in [9.17, 15) is 4.79 Å². The molecule has 0 saturated carbocycles. The average Bonchev–Trinajstić information content (AvgIpc) is 2.14. The van der Waals surface area contributed by atoms with Gasteiger partial charge in [-0.3, -0.25) is 4.99 Å². The highest BCUT2D eigenvalue weighted by molar-refractivity contribution is 5.69. The van der Waals surface area contributed by atoms with E-state index < -0.39 is 0 Å². The molecule has 0 aromatic heterocycles. The van der Waals surface area contributed by atoms with Gasteiger partial charge in [-0.15, -0.1) is 0 Å². The third-order valence-electron chi connectivity index (χ3n) is 0.846. The van der Waals surface area contributed by atoms with Gasteiger partial charge in [-0.2, -0.15) is 0 Å². The monoisotopic (exact) mass is 98.0 g/mol. The number of aliphatic imine (C=N–C) groups is 1. The van der Waals surface area contributed by atoms with Crippen LogP contribution in [0.4, 0.5) is 0 Å². The Kier molecular flexibility index (Phi) is 1.06. The molecule has 1 N–H and O–H groups in total. The van der Waals surface area contributed by atoms with Gasteiger partial charge >= 0.3 is 0 Å². The Morgan fingerprint density at radius 1 is 2.00 bits per heavy atom. The first-order valence-corrected chi connectivity index (χ1v) is 2.13. The van der Waals surface area contributed by atoms with E-state index in [1.54, 1.807) is 6.34 Å². The molecule has 3 nitrogen and oxygen atoms in total. The van der Waals surface area contributed by atoms with E-state index in [1.807, 2.05) is 0 Å². The van der Waals surface area contributed by atoms with Gasteiger partial charge in [-0.25, -0.2) is 0 Å². The molecule has 38 valence electrons. The summed E-state index contributed by atoms with van der Waals surface area (Å²) in [7, 11) is 0. The fourth-order valence-corrected chi connectivity index (χ4v) is 0.450. The van der Waals surface area contributed by atoms with Crippen molar-refractivity contribution < 1.29 is 4.79 Å². The van der Waals surface area contributed by atoms with Crippen LogP contribution in [0.1, 0.15) is 0 Å². The summed E-state index contributed by atoms with van der Waals surface area (Å²) in [6, 6.07) is -0.0556. The van der Waals surface area contributed by atoms with E-state index in [1.165, 1.54) is 0 Å². The Morgan fingerprint density at radius 3 is 3.14 bits per heavy atom. The lowest BCUT2D eigenvalue weighted by Crippen LogP contribution is -2.25. The van der Waals surface area contributed by atoms with Crippen LogP contribution in [0.5, 0.6) is 0 Å². The number of hydrogen-bond donors (Lipinski definition) is 1. The molecule has 3 heteroatoms. The zero-order valence-electron chi connectivity index (χ0n) is 3.79. The van der Waals surface area contributed by atoms with Gasteiger partial charge in [-0.05, 0) is 0 Å². The summed E-state index contributed by atoms with van der Waals surface area (Å²) in [6.45, 7) is 0.601. The second kappa shape index (κ2) is 1.73. The highest BCUT2D eigenvalue weighted by atomic mass is 16.1. The van der Waals surface area contributed by atoms with Crippen LogP contribution in [0.2, 0.25) is 0 Å². The highest BCUT2D eigenvalue weighted by Crippen LogP contribution is 1.83. The number of carbonyl (C=O) groups is 1. The average molecular weight is 98.1 g/mol. The number of rotatable bonds is 1. The van der Waals surface area contributed by atoms with Crippen molar-refractivity contribution in [1.82, 2.24) is 5.32 Å². The zero-order chi connectivity index (χ0) is 5.11. The van der Waals surface area contributed by atoms with Crippen LogP contribution in [0.15, 0.2) is 4.99 Å². The SMILES string of the molecule is O=CC1CN=CN1. The standard InChI is InChI=1S/C4H6N2O/c7-2-4-1-5-3-6-4/h2-4H,1H2,(H,5,6). The fraction of sp³-hybridized carbons (Fsp3) is 0.500. The Labute approximate surface area is 41.4 Å². The number of carbonyl (C=O) groups excluding carboxylic acids is 1. The number of nitrogens with zero attached hydrogens (tertiary/aromatic N) is 1. The smallest absolute Gasteiger partial charge is 0.144 e. The molecule has 0 fully saturated rings. The molecule has 0 radical (unpaired) electrons. The van der Waals surface area contributed by atoms with Gasteiger partial charge in [0.1, 0.15) is 12.3 Å². The minimum atomic E-state index is -0.0556. The molecule has 1 atom stereocenters. The van der Waals surface area contributed by atoms with Crippen molar-refractivity contribution in [3.8, 4) is 0 Å². The van der Waals surface area contributed by atoms with Gasteiger partial charge in [0, 0.05) is 0 Å². The number of nitrogens with one attached hydrogen (secondary N) is 1. The van der Waals surface area contributed by atoms with Crippen molar-refractivity contribution in [3.05, 3.63) is 0 Å². The van der Waals surface area contributed by atoms with E-state index in [0.717, 1.165) is 6.29 Å². The summed E-state index contributed by atoms with van der Waals surface area (Å²) in [5.41, 5.74) is 0. The third kappa shape index (κ3) is 0.765. The van der Waals surface area contributed by atoms with Crippen molar-refractivity contribution in [3.63, 3.8) is 0 Å². The molecular formula is C4H6N2O. The largest absolute Gasteiger partial charge is 0.365 e. The first kappa shape index (κ1) is 4.30. The normalized spacial score (nSPS) is 27.1. The van der Waals surface area contributed by atoms with Crippen LogP contribution < -0.4 is 5.32 Å². The van der Waals surface area contributed by atoms with Gasteiger partial charge in [0.05, 0.1) is 12.9 Å². The second-order valence-electron chi connectivity index (χ2n) is 1.40. The number of aldehydes is 1. The molecule has 1 unspecified atom stereocenters. The molecule has 7 heavy (non-hydrogen) atoms. The maximum Gasteiger partial charge on any atom is 0.144 e. The zero-order valence-corrected chi connectivity index (χ0v) is 3.79. The van der Waals surface area contributed by atoms with Crippen molar-refractivity contribution in [2.24, 2.45) is 4.99 Å². The molecule has 0 aliphatic carbocycles. The summed E-state index contributed by atoms with van der Waals surface area (Å²) >= 11 is 0. The Hall–Kier alpha value is -0.860. The van der Waals surface area contributed by atoms with Crippen molar-refractivity contribution in [2.45, 2.75) is 6.04 Å². The fourth-order valence-electron chi connectivity index (χ4n) is 0.450. The molecule has 1 aliphatic heterocycles. The van der Waals surface area contributed by atoms with E-state index in [4.69, 9.17) is 0 Å². The Balaban J connectivity index is 2.35. The second-order valence-corrected chi connectivity index (χ2v) is 1.40. The molecule has 0 aromatic carbocycles. The summed E-state index contributed by atoms with van der Waals surface area (Å²) in [5.74, 6) is 0. The molecule has 0 spiro atoms. The maximum absolute atomic E-state index is 9.86. The van der Waals surface area contributed by atoms with Crippen molar-refractivity contribution in [1.29, 1.82) is 0 Å². The lowest BCUT2D eigenvalue weighted by Gasteiger charge is -1.93. The van der Waals surface area contributed by atoms with Gasteiger partial charge in [0.2, 0.25) is 0 Å². The predicted molar refractivity (Wildman–Crippen MR) is 26.3 cm³/mol. The Morgan fingerprint density at radius 2 is 2.86 bits per heavy atom. The summed E-state index contributed by atoms with van der Waals surface area (Å²) in [5, 5.41) is 2.75. The van der Waals surface area contributed by atoms with E-state index in [2.05, 4.69) is 10.3 Å². The predicted octanol–water partition coefficient (Wildman–Crippen LogP) is -0.815. The van der Waals surface area contributed by atoms with Gasteiger partial charge in [0.25, 0.3) is 0 Å². The lowest BCUT2D eigenvalue weighted by atomic mass is 10.4. The first-order chi connectivity index (χ1) is 3.43. The van der Waals surface area contributed by atoms with Gasteiger partial charge in [0.15, 0.2) is 0 Å². The molecule has 0 bridgehead atoms. The quantitative estimate of drug-likeness (QED) is 0.435. The molecule has 0 amide bonds. The van der Waals surface area contributed by atoms with Crippen LogP contribution in [0.3, 0.4) is 0 Å².